The van der Waals surface area contributed by atoms with Gasteiger partial charge < -0.3 is 14.6 Å². The number of pyridine rings is 1. The number of hydrogen-bond acceptors (Lipinski definition) is 5. The van der Waals surface area contributed by atoms with Gasteiger partial charge in [-0.25, -0.2) is 9.78 Å². The van der Waals surface area contributed by atoms with Crippen molar-refractivity contribution in [2.75, 3.05) is 7.11 Å². The molecule has 0 aliphatic heterocycles. The lowest BCUT2D eigenvalue weighted by Crippen LogP contribution is -1.99. The van der Waals surface area contributed by atoms with E-state index in [2.05, 4.69) is 4.98 Å². The van der Waals surface area contributed by atoms with Gasteiger partial charge in [-0.05, 0) is 6.07 Å². The van der Waals surface area contributed by atoms with Crippen molar-refractivity contribution in [1.29, 1.82) is 0 Å². The Labute approximate surface area is 108 Å². The smallest absolute Gasteiger partial charge is 0.346 e. The highest BCUT2D eigenvalue weighted by atomic mass is 32.1. The van der Waals surface area contributed by atoms with Crippen LogP contribution in [-0.4, -0.2) is 23.2 Å². The van der Waals surface area contributed by atoms with Gasteiger partial charge in [0.05, 0.1) is 12.8 Å². The number of carboxylic acids is 1. The molecule has 0 spiro atoms. The molecule has 94 valence electrons. The molecule has 0 amide bonds. The number of hydrogen-bond donors (Lipinski definition) is 1. The van der Waals surface area contributed by atoms with E-state index in [1.165, 1.54) is 6.07 Å². The molecule has 2 heterocycles. The highest BCUT2D eigenvalue weighted by Gasteiger charge is 2.07. The first kappa shape index (κ1) is 12.4. The molecule has 2 aromatic heterocycles. The molecule has 0 aliphatic carbocycles. The SMILES string of the molecule is COc1cccc(COc2csc(C(=O)O)c2)n1. The number of thiophene rings is 1. The molecule has 0 bridgehead atoms. The van der Waals surface area contributed by atoms with Gasteiger partial charge in [0.2, 0.25) is 5.88 Å². The van der Waals surface area contributed by atoms with E-state index in [0.29, 0.717) is 11.6 Å². The van der Waals surface area contributed by atoms with Crippen LogP contribution in [0.25, 0.3) is 0 Å². The molecule has 0 fully saturated rings. The Morgan fingerprint density at radius 3 is 3.00 bits per heavy atom. The Kier molecular flexibility index (Phi) is 3.78. The number of methoxy groups -OCH3 is 1. The second kappa shape index (κ2) is 5.50. The van der Waals surface area contributed by atoms with E-state index < -0.39 is 5.97 Å². The fourth-order valence-corrected chi connectivity index (χ4v) is 1.98. The summed E-state index contributed by atoms with van der Waals surface area (Å²) in [5.41, 5.74) is 0.720. The lowest BCUT2D eigenvalue weighted by atomic mass is 10.3. The fraction of sp³-hybridized carbons (Fsp3) is 0.167. The number of nitrogens with zero attached hydrogens (tertiary/aromatic N) is 1. The van der Waals surface area contributed by atoms with Crippen molar-refractivity contribution in [2.45, 2.75) is 6.61 Å². The summed E-state index contributed by atoms with van der Waals surface area (Å²) in [4.78, 5) is 15.1. The van der Waals surface area contributed by atoms with E-state index in [0.717, 1.165) is 17.0 Å². The van der Waals surface area contributed by atoms with Crippen molar-refractivity contribution in [3.63, 3.8) is 0 Å². The lowest BCUT2D eigenvalue weighted by Gasteiger charge is -2.04. The standard InChI is InChI=1S/C12H11NO4S/c1-16-11-4-2-3-8(13-11)6-17-9-5-10(12(14)15)18-7-9/h2-5,7H,6H2,1H3,(H,14,15). The van der Waals surface area contributed by atoms with Gasteiger partial charge in [0.15, 0.2) is 0 Å². The predicted molar refractivity (Wildman–Crippen MR) is 66.4 cm³/mol. The second-order valence-corrected chi connectivity index (χ2v) is 4.32. The molecule has 2 rings (SSSR count). The third kappa shape index (κ3) is 2.98. The van der Waals surface area contributed by atoms with Crippen molar-refractivity contribution >= 4 is 17.3 Å². The maximum atomic E-state index is 10.7. The summed E-state index contributed by atoms with van der Waals surface area (Å²) in [5, 5.41) is 10.4. The number of rotatable bonds is 5. The number of carbonyl (C=O) groups is 1. The van der Waals surface area contributed by atoms with Crippen molar-refractivity contribution in [1.82, 2.24) is 4.98 Å². The average Bonchev–Trinajstić information content (AvgIpc) is 2.85. The lowest BCUT2D eigenvalue weighted by molar-refractivity contribution is 0.0702. The monoisotopic (exact) mass is 265 g/mol. The van der Waals surface area contributed by atoms with E-state index in [-0.39, 0.29) is 11.5 Å². The third-order valence-electron chi connectivity index (χ3n) is 2.16. The second-order valence-electron chi connectivity index (χ2n) is 3.41. The molecular formula is C12H11NO4S. The zero-order chi connectivity index (χ0) is 13.0. The summed E-state index contributed by atoms with van der Waals surface area (Å²) in [6, 6.07) is 6.87. The van der Waals surface area contributed by atoms with Gasteiger partial charge in [-0.2, -0.15) is 0 Å². The summed E-state index contributed by atoms with van der Waals surface area (Å²) in [6.45, 7) is 0.271. The minimum absolute atomic E-state index is 0.253. The van der Waals surface area contributed by atoms with Crippen molar-refractivity contribution in [3.8, 4) is 11.6 Å². The molecule has 18 heavy (non-hydrogen) atoms. The van der Waals surface area contributed by atoms with E-state index in [1.54, 1.807) is 18.6 Å². The van der Waals surface area contributed by atoms with E-state index in [1.807, 2.05) is 12.1 Å². The Bertz CT molecular complexity index is 553. The van der Waals surface area contributed by atoms with Gasteiger partial charge in [-0.15, -0.1) is 11.3 Å². The molecular weight excluding hydrogens is 254 g/mol. The summed E-state index contributed by atoms with van der Waals surface area (Å²) in [5.74, 6) is 0.101. The summed E-state index contributed by atoms with van der Waals surface area (Å²) in [6.07, 6.45) is 0. The highest BCUT2D eigenvalue weighted by molar-refractivity contribution is 7.12. The van der Waals surface area contributed by atoms with Crippen LogP contribution < -0.4 is 9.47 Å². The van der Waals surface area contributed by atoms with Gasteiger partial charge in [0.1, 0.15) is 17.2 Å². The van der Waals surface area contributed by atoms with Crippen LogP contribution in [0, 0.1) is 0 Å². The van der Waals surface area contributed by atoms with Crippen molar-refractivity contribution in [3.05, 3.63) is 40.2 Å². The number of aromatic nitrogens is 1. The molecule has 0 radical (unpaired) electrons. The average molecular weight is 265 g/mol. The maximum absolute atomic E-state index is 10.7. The summed E-state index contributed by atoms with van der Waals surface area (Å²) in [7, 11) is 1.55. The first-order valence-electron chi connectivity index (χ1n) is 5.13. The molecule has 5 nitrogen and oxygen atoms in total. The normalized spacial score (nSPS) is 10.1. The van der Waals surface area contributed by atoms with Crippen molar-refractivity contribution < 1.29 is 19.4 Å². The van der Waals surface area contributed by atoms with Crippen molar-refractivity contribution in [2.24, 2.45) is 0 Å². The van der Waals surface area contributed by atoms with Crippen LogP contribution in [0.5, 0.6) is 11.6 Å². The number of ether oxygens (including phenoxy) is 2. The zero-order valence-electron chi connectivity index (χ0n) is 9.62. The first-order chi connectivity index (χ1) is 8.69. The fourth-order valence-electron chi connectivity index (χ4n) is 1.32. The summed E-state index contributed by atoms with van der Waals surface area (Å²) < 4.78 is 10.5. The minimum Gasteiger partial charge on any atom is -0.486 e. The Morgan fingerprint density at radius 1 is 1.50 bits per heavy atom. The van der Waals surface area contributed by atoms with Crippen LogP contribution in [0.3, 0.4) is 0 Å². The Hall–Kier alpha value is -2.08. The predicted octanol–water partition coefficient (Wildman–Crippen LogP) is 2.43. The number of aromatic carboxylic acids is 1. The third-order valence-corrected chi connectivity index (χ3v) is 3.06. The molecule has 0 aliphatic rings. The zero-order valence-corrected chi connectivity index (χ0v) is 10.4. The van der Waals surface area contributed by atoms with Crippen LogP contribution in [0.15, 0.2) is 29.6 Å². The van der Waals surface area contributed by atoms with Gasteiger partial charge in [0.25, 0.3) is 0 Å². The molecule has 0 atom stereocenters. The van der Waals surface area contributed by atoms with Gasteiger partial charge in [-0.1, -0.05) is 6.07 Å². The van der Waals surface area contributed by atoms with E-state index in [4.69, 9.17) is 14.6 Å². The van der Waals surface area contributed by atoms with E-state index in [9.17, 15) is 4.79 Å². The van der Waals surface area contributed by atoms with Gasteiger partial charge >= 0.3 is 5.97 Å². The van der Waals surface area contributed by atoms with Crippen LogP contribution in [-0.2, 0) is 6.61 Å². The van der Waals surface area contributed by atoms with E-state index >= 15 is 0 Å². The Morgan fingerprint density at radius 2 is 2.33 bits per heavy atom. The quantitative estimate of drug-likeness (QED) is 0.899. The first-order valence-corrected chi connectivity index (χ1v) is 6.01. The topological polar surface area (TPSA) is 68.7 Å². The molecule has 0 saturated carbocycles. The van der Waals surface area contributed by atoms with Gasteiger partial charge in [-0.3, -0.25) is 0 Å². The highest BCUT2D eigenvalue weighted by Crippen LogP contribution is 2.22. The minimum atomic E-state index is -0.950. The summed E-state index contributed by atoms with van der Waals surface area (Å²) >= 11 is 1.13. The largest absolute Gasteiger partial charge is 0.486 e. The molecule has 0 saturated heterocycles. The molecule has 0 unspecified atom stereocenters. The molecule has 6 heteroatoms. The van der Waals surface area contributed by atoms with Gasteiger partial charge in [0, 0.05) is 17.5 Å². The number of carboxylic acid groups (broad SMARTS) is 1. The molecule has 2 aromatic rings. The van der Waals surface area contributed by atoms with Crippen LogP contribution in [0.1, 0.15) is 15.4 Å². The maximum Gasteiger partial charge on any atom is 0.346 e. The van der Waals surface area contributed by atoms with Crippen LogP contribution in [0.2, 0.25) is 0 Å². The van der Waals surface area contributed by atoms with Crippen LogP contribution >= 0.6 is 11.3 Å². The molecule has 1 N–H and O–H groups in total. The van der Waals surface area contributed by atoms with Crippen LogP contribution in [0.4, 0.5) is 0 Å². The Balaban J connectivity index is 1.99. The molecule has 0 aromatic carbocycles.